The third-order valence-electron chi connectivity index (χ3n) is 5.43. The zero-order valence-electron chi connectivity index (χ0n) is 23.2. The summed E-state index contributed by atoms with van der Waals surface area (Å²) in [5, 5.41) is 24.8. The van der Waals surface area contributed by atoms with E-state index < -0.39 is 41.7 Å². The van der Waals surface area contributed by atoms with Gasteiger partial charge >= 0.3 is 18.1 Å². The van der Waals surface area contributed by atoms with Gasteiger partial charge < -0.3 is 30.5 Å². The summed E-state index contributed by atoms with van der Waals surface area (Å²) in [4.78, 5) is 49.2. The molecular formula is C28H37N5O7. The number of nitrogens with zero attached hydrogens (tertiary/aromatic N) is 2. The summed E-state index contributed by atoms with van der Waals surface area (Å²) in [6, 6.07) is 12.4. The quantitative estimate of drug-likeness (QED) is 0.210. The first-order valence-electron chi connectivity index (χ1n) is 12.9. The molecule has 216 valence electrons. The van der Waals surface area contributed by atoms with E-state index in [1.165, 1.54) is 7.11 Å². The fourth-order valence-electron chi connectivity index (χ4n) is 3.50. The Morgan fingerprint density at radius 3 is 2.20 bits per heavy atom. The number of methoxy groups -OCH3 is 1. The summed E-state index contributed by atoms with van der Waals surface area (Å²) in [5.74, 6) is -1.26. The van der Waals surface area contributed by atoms with Crippen molar-refractivity contribution in [1.29, 1.82) is 0 Å². The molecule has 12 nitrogen and oxygen atoms in total. The topological polar surface area (TPSA) is 168 Å². The molecule has 2 aromatic rings. The van der Waals surface area contributed by atoms with E-state index in [0.717, 1.165) is 5.56 Å². The molecule has 0 saturated heterocycles. The molecule has 0 spiro atoms. The molecule has 4 amide bonds. The monoisotopic (exact) mass is 555 g/mol. The van der Waals surface area contributed by atoms with Crippen LogP contribution in [0.3, 0.4) is 0 Å². The number of hydrogen-bond donors (Lipinski definition) is 4. The van der Waals surface area contributed by atoms with Crippen molar-refractivity contribution in [3.05, 3.63) is 60.2 Å². The number of amides is 4. The lowest BCUT2D eigenvalue weighted by Crippen LogP contribution is -2.52. The Morgan fingerprint density at radius 1 is 0.925 bits per heavy atom. The van der Waals surface area contributed by atoms with Crippen LogP contribution < -0.4 is 20.7 Å². The first-order valence-corrected chi connectivity index (χ1v) is 12.9. The van der Waals surface area contributed by atoms with Crippen LogP contribution in [-0.2, 0) is 20.7 Å². The molecule has 0 saturated carbocycles. The first kappa shape index (κ1) is 31.7. The van der Waals surface area contributed by atoms with Gasteiger partial charge in [0.1, 0.15) is 23.4 Å². The summed E-state index contributed by atoms with van der Waals surface area (Å²) < 4.78 is 10.2. The van der Waals surface area contributed by atoms with E-state index in [0.29, 0.717) is 30.8 Å². The Bertz CT molecular complexity index is 1150. The zero-order valence-corrected chi connectivity index (χ0v) is 23.2. The number of ether oxygens (including phenoxy) is 2. The molecule has 4 N–H and O–H groups in total. The Labute approximate surface area is 233 Å². The summed E-state index contributed by atoms with van der Waals surface area (Å²) in [6.45, 7) is 5.55. The predicted octanol–water partition coefficient (Wildman–Crippen LogP) is 4.36. The number of carboxylic acids is 1. The maximum Gasteiger partial charge on any atom is 0.407 e. The third kappa shape index (κ3) is 12.4. The first-order chi connectivity index (χ1) is 19.0. The molecule has 0 aliphatic rings. The van der Waals surface area contributed by atoms with Crippen molar-refractivity contribution >= 4 is 29.7 Å². The summed E-state index contributed by atoms with van der Waals surface area (Å²) >= 11 is 0. The molecule has 0 aliphatic carbocycles. The van der Waals surface area contributed by atoms with Gasteiger partial charge in [-0.05, 0) is 69.9 Å². The number of nitrogens with one attached hydrogen (secondary N) is 3. The SMILES string of the molecule is COc1ccc(N=NC(=O)NC(Cc2ccccc2)C(=O)NC(CCCCNC(=O)OC(C)(C)C)C(=O)O)cc1. The van der Waals surface area contributed by atoms with Crippen LogP contribution in [0.4, 0.5) is 15.3 Å². The number of benzene rings is 2. The van der Waals surface area contributed by atoms with Crippen molar-refractivity contribution in [2.75, 3.05) is 13.7 Å². The number of rotatable bonds is 13. The van der Waals surface area contributed by atoms with E-state index in [4.69, 9.17) is 9.47 Å². The average molecular weight is 556 g/mol. The van der Waals surface area contributed by atoms with E-state index in [2.05, 4.69) is 26.2 Å². The van der Waals surface area contributed by atoms with Gasteiger partial charge in [0.2, 0.25) is 5.91 Å². The van der Waals surface area contributed by atoms with Crippen LogP contribution in [-0.4, -0.2) is 60.4 Å². The van der Waals surface area contributed by atoms with Gasteiger partial charge in [0.05, 0.1) is 12.8 Å². The minimum absolute atomic E-state index is 0.114. The summed E-state index contributed by atoms with van der Waals surface area (Å²) in [5.41, 5.74) is 0.549. The Kier molecular flexibility index (Phi) is 12.5. The molecule has 2 aromatic carbocycles. The summed E-state index contributed by atoms with van der Waals surface area (Å²) in [7, 11) is 1.53. The van der Waals surface area contributed by atoms with Crippen LogP contribution in [0.5, 0.6) is 5.75 Å². The van der Waals surface area contributed by atoms with Gasteiger partial charge in [-0.3, -0.25) is 4.79 Å². The number of alkyl carbamates (subject to hydrolysis) is 1. The predicted molar refractivity (Wildman–Crippen MR) is 148 cm³/mol. The van der Waals surface area contributed by atoms with Gasteiger partial charge in [0.15, 0.2) is 0 Å². The summed E-state index contributed by atoms with van der Waals surface area (Å²) in [6.07, 6.45) is 0.579. The number of aliphatic carboxylic acids is 1. The second-order valence-corrected chi connectivity index (χ2v) is 9.91. The molecule has 2 unspecified atom stereocenters. The third-order valence-corrected chi connectivity index (χ3v) is 5.43. The molecule has 12 heteroatoms. The number of carbonyl (C=O) groups excluding carboxylic acids is 3. The fourth-order valence-corrected chi connectivity index (χ4v) is 3.50. The molecular weight excluding hydrogens is 518 g/mol. The number of unbranched alkanes of at least 4 members (excludes halogenated alkanes) is 1. The van der Waals surface area contributed by atoms with Gasteiger partial charge in [-0.15, -0.1) is 5.11 Å². The molecule has 40 heavy (non-hydrogen) atoms. The second kappa shape index (κ2) is 15.8. The number of hydrogen-bond acceptors (Lipinski definition) is 7. The lowest BCUT2D eigenvalue weighted by atomic mass is 10.0. The number of urea groups is 1. The Morgan fingerprint density at radius 2 is 1.60 bits per heavy atom. The zero-order chi connectivity index (χ0) is 29.5. The van der Waals surface area contributed by atoms with Crippen molar-refractivity contribution in [3.63, 3.8) is 0 Å². The molecule has 0 fully saturated rings. The fraction of sp³-hybridized carbons (Fsp3) is 0.429. The molecule has 2 rings (SSSR count). The van der Waals surface area contributed by atoms with Gasteiger partial charge in [0, 0.05) is 13.0 Å². The van der Waals surface area contributed by atoms with Gasteiger partial charge in [0.25, 0.3) is 0 Å². The van der Waals surface area contributed by atoms with Crippen molar-refractivity contribution in [2.45, 2.75) is 64.1 Å². The van der Waals surface area contributed by atoms with Crippen molar-refractivity contribution in [3.8, 4) is 5.75 Å². The maximum absolute atomic E-state index is 13.1. The highest BCUT2D eigenvalue weighted by Gasteiger charge is 2.27. The highest BCUT2D eigenvalue weighted by molar-refractivity contribution is 5.90. The van der Waals surface area contributed by atoms with Gasteiger partial charge in [-0.25, -0.2) is 14.4 Å². The van der Waals surface area contributed by atoms with Gasteiger partial charge in [-0.2, -0.15) is 0 Å². The van der Waals surface area contributed by atoms with E-state index in [-0.39, 0.29) is 12.8 Å². The highest BCUT2D eigenvalue weighted by atomic mass is 16.6. The second-order valence-electron chi connectivity index (χ2n) is 9.91. The molecule has 0 heterocycles. The van der Waals surface area contributed by atoms with Crippen molar-refractivity contribution in [2.24, 2.45) is 10.2 Å². The highest BCUT2D eigenvalue weighted by Crippen LogP contribution is 2.18. The maximum atomic E-state index is 13.1. The minimum atomic E-state index is -1.21. The Balaban J connectivity index is 1.98. The van der Waals surface area contributed by atoms with Crippen molar-refractivity contribution < 1.29 is 33.8 Å². The van der Waals surface area contributed by atoms with Crippen LogP contribution in [0.25, 0.3) is 0 Å². The smallest absolute Gasteiger partial charge is 0.407 e. The minimum Gasteiger partial charge on any atom is -0.497 e. The molecule has 2 atom stereocenters. The lowest BCUT2D eigenvalue weighted by molar-refractivity contribution is -0.142. The van der Waals surface area contributed by atoms with E-state index in [9.17, 15) is 24.3 Å². The molecule has 0 radical (unpaired) electrons. The normalized spacial score (nSPS) is 12.7. The largest absolute Gasteiger partial charge is 0.497 e. The van der Waals surface area contributed by atoms with E-state index in [1.54, 1.807) is 69.3 Å². The van der Waals surface area contributed by atoms with Crippen LogP contribution >= 0.6 is 0 Å². The van der Waals surface area contributed by atoms with Crippen LogP contribution in [0, 0.1) is 0 Å². The van der Waals surface area contributed by atoms with E-state index in [1.807, 2.05) is 6.07 Å². The van der Waals surface area contributed by atoms with E-state index >= 15 is 0 Å². The van der Waals surface area contributed by atoms with Gasteiger partial charge in [-0.1, -0.05) is 35.4 Å². The lowest BCUT2D eigenvalue weighted by Gasteiger charge is -2.21. The Hall–Kier alpha value is -4.48. The standard InChI is InChI=1S/C28H37N5O7/c1-28(2,3)40-27(38)29-17-9-8-12-22(25(35)36)30-24(34)23(18-19-10-6-5-7-11-19)31-26(37)33-32-20-13-15-21(39-4)16-14-20/h5-7,10-11,13-16,22-23H,8-9,12,17-18H2,1-4H3,(H,29,38)(H,30,34)(H,31,37)(H,35,36). The van der Waals surface area contributed by atoms with Crippen LogP contribution in [0.1, 0.15) is 45.6 Å². The molecule has 0 bridgehead atoms. The molecule has 0 aromatic heterocycles. The van der Waals surface area contributed by atoms with Crippen LogP contribution in [0.2, 0.25) is 0 Å². The number of carboxylic acid groups (broad SMARTS) is 1. The number of carbonyl (C=O) groups is 4. The van der Waals surface area contributed by atoms with Crippen molar-refractivity contribution in [1.82, 2.24) is 16.0 Å². The average Bonchev–Trinajstić information content (AvgIpc) is 2.90. The number of azo groups is 1. The van der Waals surface area contributed by atoms with Crippen LogP contribution in [0.15, 0.2) is 64.8 Å². The molecule has 0 aliphatic heterocycles.